The summed E-state index contributed by atoms with van der Waals surface area (Å²) in [5.74, 6) is -0.120. The van der Waals surface area contributed by atoms with Crippen molar-refractivity contribution in [1.82, 2.24) is 0 Å². The molecule has 0 aliphatic carbocycles. The van der Waals surface area contributed by atoms with Crippen molar-refractivity contribution in [2.75, 3.05) is 18.0 Å². The van der Waals surface area contributed by atoms with Crippen molar-refractivity contribution < 1.29 is 14.6 Å². The number of rotatable bonds is 4. The van der Waals surface area contributed by atoms with E-state index in [1.54, 1.807) is 0 Å². The Labute approximate surface area is 113 Å². The molecular weight excluding hydrogens is 244 g/mol. The first-order chi connectivity index (χ1) is 8.90. The highest BCUT2D eigenvalue weighted by Crippen LogP contribution is 2.27. The third kappa shape index (κ3) is 2.98. The van der Waals surface area contributed by atoms with E-state index in [4.69, 9.17) is 15.6 Å². The van der Waals surface area contributed by atoms with Gasteiger partial charge in [0.25, 0.3) is 0 Å². The van der Waals surface area contributed by atoms with Crippen LogP contribution >= 0.6 is 0 Å². The number of benzene rings is 1. The van der Waals surface area contributed by atoms with Gasteiger partial charge in [0.2, 0.25) is 0 Å². The number of hydrogen-bond acceptors (Lipinski definition) is 4. The van der Waals surface area contributed by atoms with Crippen LogP contribution in [0, 0.1) is 0 Å². The normalized spacial score (nSPS) is 22.8. The number of carbonyl (C=O) groups is 1. The molecule has 1 aliphatic rings. The second kappa shape index (κ2) is 5.09. The van der Waals surface area contributed by atoms with E-state index in [9.17, 15) is 4.79 Å². The van der Waals surface area contributed by atoms with Gasteiger partial charge in [-0.1, -0.05) is 0 Å². The van der Waals surface area contributed by atoms with Crippen LogP contribution in [0.2, 0.25) is 0 Å². The molecule has 1 aromatic carbocycles. The molecule has 1 aliphatic heterocycles. The van der Waals surface area contributed by atoms with Gasteiger partial charge in [-0.25, -0.2) is 0 Å². The van der Waals surface area contributed by atoms with Crippen molar-refractivity contribution in [3.8, 4) is 5.75 Å². The monoisotopic (exact) mass is 264 g/mol. The topological polar surface area (TPSA) is 75.8 Å². The first-order valence-corrected chi connectivity index (χ1v) is 6.45. The first kappa shape index (κ1) is 13.7. The van der Waals surface area contributed by atoms with Gasteiger partial charge < -0.3 is 20.5 Å². The van der Waals surface area contributed by atoms with Crippen LogP contribution in [0.1, 0.15) is 20.3 Å². The van der Waals surface area contributed by atoms with Crippen molar-refractivity contribution in [2.24, 2.45) is 5.73 Å². The predicted octanol–water partition coefficient (Wildman–Crippen LogP) is 1.47. The molecule has 104 valence electrons. The number of nitrogens with two attached hydrogens (primary N) is 1. The fourth-order valence-corrected chi connectivity index (χ4v) is 2.24. The van der Waals surface area contributed by atoms with Gasteiger partial charge in [-0.3, -0.25) is 4.79 Å². The minimum atomic E-state index is -1.13. The quantitative estimate of drug-likeness (QED) is 0.861. The third-order valence-electron chi connectivity index (χ3n) is 3.30. The standard InChI is InChI=1S/C14H20N2O3/c1-10(2)19-12-5-3-11(4-6-12)16-8-7-14(15,9-16)13(17)18/h3-6,10H,7-9,15H2,1-2H3,(H,17,18). The molecule has 1 heterocycles. The number of aliphatic carboxylic acids is 1. The van der Waals surface area contributed by atoms with E-state index in [0.29, 0.717) is 19.5 Å². The summed E-state index contributed by atoms with van der Waals surface area (Å²) in [7, 11) is 0. The van der Waals surface area contributed by atoms with Crippen molar-refractivity contribution >= 4 is 11.7 Å². The molecule has 0 spiro atoms. The molecule has 1 unspecified atom stereocenters. The number of anilines is 1. The lowest BCUT2D eigenvalue weighted by Gasteiger charge is -2.22. The van der Waals surface area contributed by atoms with Crippen LogP contribution in [0.3, 0.4) is 0 Å². The van der Waals surface area contributed by atoms with Gasteiger partial charge >= 0.3 is 5.97 Å². The van der Waals surface area contributed by atoms with Gasteiger partial charge in [-0.2, -0.15) is 0 Å². The zero-order chi connectivity index (χ0) is 14.0. The summed E-state index contributed by atoms with van der Waals surface area (Å²) in [6.45, 7) is 4.95. The summed E-state index contributed by atoms with van der Waals surface area (Å²) in [6, 6.07) is 7.66. The Hall–Kier alpha value is -1.75. The highest BCUT2D eigenvalue weighted by molar-refractivity contribution is 5.80. The van der Waals surface area contributed by atoms with Crippen LogP contribution in [0.5, 0.6) is 5.75 Å². The molecule has 0 radical (unpaired) electrons. The van der Waals surface area contributed by atoms with E-state index < -0.39 is 11.5 Å². The molecule has 5 nitrogen and oxygen atoms in total. The molecule has 3 N–H and O–H groups in total. The van der Waals surface area contributed by atoms with Crippen LogP contribution in [0.15, 0.2) is 24.3 Å². The summed E-state index contributed by atoms with van der Waals surface area (Å²) >= 11 is 0. The molecule has 0 amide bonds. The van der Waals surface area contributed by atoms with Gasteiger partial charge in [-0.05, 0) is 44.5 Å². The molecule has 1 saturated heterocycles. The van der Waals surface area contributed by atoms with Crippen molar-refractivity contribution in [2.45, 2.75) is 31.9 Å². The summed E-state index contributed by atoms with van der Waals surface area (Å²) in [4.78, 5) is 13.1. The lowest BCUT2D eigenvalue weighted by Crippen LogP contribution is -2.50. The van der Waals surface area contributed by atoms with E-state index in [1.807, 2.05) is 43.0 Å². The Kier molecular flexibility index (Phi) is 3.66. The van der Waals surface area contributed by atoms with Gasteiger partial charge in [0, 0.05) is 18.8 Å². The Bertz CT molecular complexity index is 458. The Morgan fingerprint density at radius 2 is 2.05 bits per heavy atom. The number of carboxylic acids is 1. The molecule has 0 aromatic heterocycles. The number of ether oxygens (including phenoxy) is 1. The van der Waals surface area contributed by atoms with Crippen LogP contribution in [-0.2, 0) is 4.79 Å². The van der Waals surface area contributed by atoms with Crippen LogP contribution in [-0.4, -0.2) is 35.8 Å². The summed E-state index contributed by atoms with van der Waals surface area (Å²) in [5, 5.41) is 9.11. The highest BCUT2D eigenvalue weighted by atomic mass is 16.5. The minimum absolute atomic E-state index is 0.140. The molecule has 19 heavy (non-hydrogen) atoms. The van der Waals surface area contributed by atoms with Crippen molar-refractivity contribution in [3.63, 3.8) is 0 Å². The van der Waals surface area contributed by atoms with Gasteiger partial charge in [0.1, 0.15) is 11.3 Å². The van der Waals surface area contributed by atoms with E-state index in [1.165, 1.54) is 0 Å². The van der Waals surface area contributed by atoms with Gasteiger partial charge in [0.05, 0.1) is 6.10 Å². The summed E-state index contributed by atoms with van der Waals surface area (Å²) in [6.07, 6.45) is 0.605. The molecule has 1 atom stereocenters. The number of hydrogen-bond donors (Lipinski definition) is 2. The second-order valence-corrected chi connectivity index (χ2v) is 5.29. The maximum atomic E-state index is 11.1. The smallest absolute Gasteiger partial charge is 0.325 e. The molecule has 0 bridgehead atoms. The summed E-state index contributed by atoms with van der Waals surface area (Å²) < 4.78 is 5.57. The lowest BCUT2D eigenvalue weighted by atomic mass is 10.0. The SMILES string of the molecule is CC(C)Oc1ccc(N2CCC(N)(C(=O)O)C2)cc1. The van der Waals surface area contributed by atoms with Crippen LogP contribution < -0.4 is 15.4 Å². The van der Waals surface area contributed by atoms with E-state index in [-0.39, 0.29) is 6.10 Å². The molecule has 1 aromatic rings. The maximum Gasteiger partial charge on any atom is 0.325 e. The van der Waals surface area contributed by atoms with Crippen LogP contribution in [0.4, 0.5) is 5.69 Å². The van der Waals surface area contributed by atoms with E-state index >= 15 is 0 Å². The largest absolute Gasteiger partial charge is 0.491 e. The molecule has 0 saturated carbocycles. The lowest BCUT2D eigenvalue weighted by molar-refractivity contribution is -0.142. The van der Waals surface area contributed by atoms with Crippen molar-refractivity contribution in [3.05, 3.63) is 24.3 Å². The van der Waals surface area contributed by atoms with E-state index in [2.05, 4.69) is 0 Å². The summed E-state index contributed by atoms with van der Waals surface area (Å²) in [5.41, 5.74) is 5.70. The molecule has 1 fully saturated rings. The fraction of sp³-hybridized carbons (Fsp3) is 0.500. The fourth-order valence-electron chi connectivity index (χ4n) is 2.24. The Morgan fingerprint density at radius 3 is 2.53 bits per heavy atom. The zero-order valence-electron chi connectivity index (χ0n) is 11.3. The third-order valence-corrected chi connectivity index (χ3v) is 3.30. The van der Waals surface area contributed by atoms with Crippen molar-refractivity contribution in [1.29, 1.82) is 0 Å². The minimum Gasteiger partial charge on any atom is -0.491 e. The molecular formula is C14H20N2O3. The Morgan fingerprint density at radius 1 is 1.42 bits per heavy atom. The predicted molar refractivity (Wildman–Crippen MR) is 73.6 cm³/mol. The molecule has 5 heteroatoms. The Balaban J connectivity index is 2.06. The molecule has 2 rings (SSSR count). The zero-order valence-corrected chi connectivity index (χ0v) is 11.3. The van der Waals surface area contributed by atoms with E-state index in [0.717, 1.165) is 11.4 Å². The van der Waals surface area contributed by atoms with Gasteiger partial charge in [0.15, 0.2) is 0 Å². The number of carboxylic acid groups (broad SMARTS) is 1. The highest BCUT2D eigenvalue weighted by Gasteiger charge is 2.41. The van der Waals surface area contributed by atoms with Crippen LogP contribution in [0.25, 0.3) is 0 Å². The average Bonchev–Trinajstić information content (AvgIpc) is 2.74. The number of nitrogens with zero attached hydrogens (tertiary/aromatic N) is 1. The first-order valence-electron chi connectivity index (χ1n) is 6.45. The van der Waals surface area contributed by atoms with Gasteiger partial charge in [-0.15, -0.1) is 0 Å². The second-order valence-electron chi connectivity index (χ2n) is 5.29. The maximum absolute atomic E-state index is 11.1. The average molecular weight is 264 g/mol.